The molecule has 3 rings (SSSR count). The molecule has 0 aliphatic carbocycles. The van der Waals surface area contributed by atoms with Gasteiger partial charge in [0.15, 0.2) is 0 Å². The normalized spacial score (nSPS) is 22.0. The first-order valence-electron chi connectivity index (χ1n) is 8.00. The quantitative estimate of drug-likeness (QED) is 0.904. The number of nitrogens with zero attached hydrogens (tertiary/aromatic N) is 1. The molecule has 2 saturated heterocycles. The lowest BCUT2D eigenvalue weighted by Gasteiger charge is -2.35. The number of hydrogen-bond acceptors (Lipinski definition) is 2. The van der Waals surface area contributed by atoms with Crippen molar-refractivity contribution >= 4 is 24.0 Å². The van der Waals surface area contributed by atoms with Gasteiger partial charge in [0, 0.05) is 11.6 Å². The van der Waals surface area contributed by atoms with Crippen LogP contribution in [0.1, 0.15) is 37.2 Å². The molecule has 2 nitrogen and oxygen atoms in total. The van der Waals surface area contributed by atoms with Crippen molar-refractivity contribution in [1.82, 2.24) is 10.2 Å². The van der Waals surface area contributed by atoms with Crippen molar-refractivity contribution in [2.45, 2.75) is 31.6 Å². The zero-order chi connectivity index (χ0) is 13.8. The maximum atomic E-state index is 5.97. The average Bonchev–Trinajstić information content (AvgIpc) is 2.50. The molecule has 0 unspecified atom stereocenters. The van der Waals surface area contributed by atoms with Crippen molar-refractivity contribution in [2.24, 2.45) is 5.92 Å². The van der Waals surface area contributed by atoms with E-state index in [1.165, 1.54) is 64.0 Å². The molecule has 0 radical (unpaired) electrons. The lowest BCUT2D eigenvalue weighted by atomic mass is 9.88. The third-order valence-electron chi connectivity index (χ3n) is 4.90. The summed E-state index contributed by atoms with van der Waals surface area (Å²) in [5, 5.41) is 4.30. The molecule has 2 heterocycles. The minimum Gasteiger partial charge on any atom is -0.317 e. The van der Waals surface area contributed by atoms with Crippen molar-refractivity contribution in [3.8, 4) is 0 Å². The minimum absolute atomic E-state index is 0. The van der Waals surface area contributed by atoms with Crippen molar-refractivity contribution < 1.29 is 0 Å². The van der Waals surface area contributed by atoms with Crippen molar-refractivity contribution in [3.05, 3.63) is 34.9 Å². The molecule has 0 bridgehead atoms. The van der Waals surface area contributed by atoms with E-state index in [0.29, 0.717) is 0 Å². The summed E-state index contributed by atoms with van der Waals surface area (Å²) in [5.41, 5.74) is 1.47. The van der Waals surface area contributed by atoms with Gasteiger partial charge < -0.3 is 10.2 Å². The molecule has 2 aliphatic heterocycles. The Morgan fingerprint density at radius 3 is 2.24 bits per heavy atom. The van der Waals surface area contributed by atoms with Crippen LogP contribution >= 0.6 is 24.0 Å². The Morgan fingerprint density at radius 2 is 1.62 bits per heavy atom. The molecule has 0 aromatic heterocycles. The van der Waals surface area contributed by atoms with Gasteiger partial charge in [-0.05, 0) is 81.4 Å². The van der Waals surface area contributed by atoms with Crippen LogP contribution in [0, 0.1) is 5.92 Å². The van der Waals surface area contributed by atoms with Crippen LogP contribution in [0.15, 0.2) is 24.3 Å². The van der Waals surface area contributed by atoms with Gasteiger partial charge in [0.2, 0.25) is 0 Å². The SMILES string of the molecule is Cl.Clc1ccc(C2CCN(CC3CCNCC3)CC2)cc1. The molecule has 21 heavy (non-hydrogen) atoms. The number of likely N-dealkylation sites (tertiary alicyclic amines) is 1. The number of benzene rings is 1. The van der Waals surface area contributed by atoms with Crippen molar-refractivity contribution in [3.63, 3.8) is 0 Å². The first-order valence-corrected chi connectivity index (χ1v) is 8.37. The zero-order valence-electron chi connectivity index (χ0n) is 12.6. The summed E-state index contributed by atoms with van der Waals surface area (Å²) >= 11 is 5.97. The first-order chi connectivity index (χ1) is 9.81. The molecule has 0 saturated carbocycles. The highest BCUT2D eigenvalue weighted by atomic mass is 35.5. The highest BCUT2D eigenvalue weighted by Gasteiger charge is 2.23. The predicted molar refractivity (Wildman–Crippen MR) is 92.7 cm³/mol. The van der Waals surface area contributed by atoms with Crippen LogP contribution in [0.2, 0.25) is 5.02 Å². The molecular weight excluding hydrogens is 303 g/mol. The van der Waals surface area contributed by atoms with Gasteiger partial charge in [-0.25, -0.2) is 0 Å². The van der Waals surface area contributed by atoms with E-state index in [2.05, 4.69) is 22.3 Å². The Balaban J connectivity index is 0.00000161. The molecule has 0 atom stereocenters. The number of piperidine rings is 2. The van der Waals surface area contributed by atoms with Crippen LogP contribution < -0.4 is 5.32 Å². The molecule has 118 valence electrons. The third-order valence-corrected chi connectivity index (χ3v) is 5.16. The molecular formula is C17H26Cl2N2. The summed E-state index contributed by atoms with van der Waals surface area (Å²) in [6, 6.07) is 8.46. The monoisotopic (exact) mass is 328 g/mol. The summed E-state index contributed by atoms with van der Waals surface area (Å²) in [5.74, 6) is 1.65. The van der Waals surface area contributed by atoms with E-state index in [1.807, 2.05) is 12.1 Å². The van der Waals surface area contributed by atoms with Crippen LogP contribution in [0.4, 0.5) is 0 Å². The fraction of sp³-hybridized carbons (Fsp3) is 0.647. The van der Waals surface area contributed by atoms with E-state index in [0.717, 1.165) is 16.9 Å². The van der Waals surface area contributed by atoms with Gasteiger partial charge in [-0.2, -0.15) is 0 Å². The molecule has 2 fully saturated rings. The van der Waals surface area contributed by atoms with Gasteiger partial charge in [0.1, 0.15) is 0 Å². The van der Waals surface area contributed by atoms with E-state index in [4.69, 9.17) is 11.6 Å². The van der Waals surface area contributed by atoms with E-state index in [1.54, 1.807) is 0 Å². The molecule has 4 heteroatoms. The smallest absolute Gasteiger partial charge is 0.0406 e. The summed E-state index contributed by atoms with van der Waals surface area (Å²) in [6.07, 6.45) is 5.31. The topological polar surface area (TPSA) is 15.3 Å². The maximum Gasteiger partial charge on any atom is 0.0406 e. The van der Waals surface area contributed by atoms with Crippen LogP contribution in [-0.2, 0) is 0 Å². The highest BCUT2D eigenvalue weighted by molar-refractivity contribution is 6.30. The van der Waals surface area contributed by atoms with Crippen LogP contribution in [0.5, 0.6) is 0 Å². The molecule has 1 N–H and O–H groups in total. The molecule has 0 spiro atoms. The van der Waals surface area contributed by atoms with Crippen LogP contribution in [0.25, 0.3) is 0 Å². The lowest BCUT2D eigenvalue weighted by molar-refractivity contribution is 0.167. The Morgan fingerprint density at radius 1 is 1.00 bits per heavy atom. The van der Waals surface area contributed by atoms with E-state index in [-0.39, 0.29) is 12.4 Å². The number of nitrogens with one attached hydrogen (secondary N) is 1. The molecule has 2 aliphatic rings. The fourth-order valence-corrected chi connectivity index (χ4v) is 3.74. The fourth-order valence-electron chi connectivity index (χ4n) is 3.61. The second kappa shape index (κ2) is 8.38. The Kier molecular flexibility index (Phi) is 6.81. The van der Waals surface area contributed by atoms with Crippen LogP contribution in [-0.4, -0.2) is 37.6 Å². The van der Waals surface area contributed by atoms with Gasteiger partial charge in [-0.3, -0.25) is 0 Å². The van der Waals surface area contributed by atoms with Gasteiger partial charge in [-0.1, -0.05) is 23.7 Å². The standard InChI is InChI=1S/C17H25ClN2.ClH/c18-17-3-1-15(2-4-17)16-7-11-20(12-8-16)13-14-5-9-19-10-6-14;/h1-4,14,16,19H,5-13H2;1H. The largest absolute Gasteiger partial charge is 0.317 e. The molecule has 1 aromatic rings. The third kappa shape index (κ3) is 4.85. The second-order valence-corrected chi connectivity index (χ2v) is 6.76. The van der Waals surface area contributed by atoms with Crippen molar-refractivity contribution in [1.29, 1.82) is 0 Å². The summed E-state index contributed by atoms with van der Waals surface area (Å²) in [6.45, 7) is 6.27. The second-order valence-electron chi connectivity index (χ2n) is 6.32. The number of hydrogen-bond donors (Lipinski definition) is 1. The van der Waals surface area contributed by atoms with Gasteiger partial charge in [0.25, 0.3) is 0 Å². The minimum atomic E-state index is 0. The summed E-state index contributed by atoms with van der Waals surface area (Å²) in [4.78, 5) is 2.68. The van der Waals surface area contributed by atoms with E-state index in [9.17, 15) is 0 Å². The van der Waals surface area contributed by atoms with E-state index < -0.39 is 0 Å². The van der Waals surface area contributed by atoms with Gasteiger partial charge in [-0.15, -0.1) is 12.4 Å². The Labute approximate surface area is 139 Å². The Hall–Kier alpha value is -0.280. The zero-order valence-corrected chi connectivity index (χ0v) is 14.1. The lowest BCUT2D eigenvalue weighted by Crippen LogP contribution is -2.39. The Bertz CT molecular complexity index is 407. The number of halogens is 2. The summed E-state index contributed by atoms with van der Waals surface area (Å²) < 4.78 is 0. The average molecular weight is 329 g/mol. The summed E-state index contributed by atoms with van der Waals surface area (Å²) in [7, 11) is 0. The maximum absolute atomic E-state index is 5.97. The van der Waals surface area contributed by atoms with Crippen LogP contribution in [0.3, 0.4) is 0 Å². The van der Waals surface area contributed by atoms with Crippen molar-refractivity contribution in [2.75, 3.05) is 32.7 Å². The number of rotatable bonds is 3. The van der Waals surface area contributed by atoms with Gasteiger partial charge >= 0.3 is 0 Å². The first kappa shape index (κ1) is 17.1. The highest BCUT2D eigenvalue weighted by Crippen LogP contribution is 2.29. The molecule has 0 amide bonds. The molecule has 1 aromatic carbocycles. The predicted octanol–water partition coefficient (Wildman–Crippen LogP) is 3.94. The van der Waals surface area contributed by atoms with Gasteiger partial charge in [0.05, 0.1) is 0 Å². The van der Waals surface area contributed by atoms with E-state index >= 15 is 0 Å².